The van der Waals surface area contributed by atoms with Crippen LogP contribution < -0.4 is 9.62 Å². The average molecular weight is 389 g/mol. The molecule has 0 N–H and O–H groups in total. The van der Waals surface area contributed by atoms with Gasteiger partial charge in [-0.15, -0.1) is 0 Å². The summed E-state index contributed by atoms with van der Waals surface area (Å²) in [7, 11) is 0. The van der Waals surface area contributed by atoms with Gasteiger partial charge in [0.05, 0.1) is 5.27 Å². The summed E-state index contributed by atoms with van der Waals surface area (Å²) in [6.07, 6.45) is 0. The van der Waals surface area contributed by atoms with E-state index < -0.39 is 5.95 Å². The molecule has 0 aliphatic rings. The van der Waals surface area contributed by atoms with Crippen LogP contribution >= 0.6 is 22.6 Å². The Morgan fingerprint density at radius 1 is 1.05 bits per heavy atom. The average Bonchev–Trinajstić information content (AvgIpc) is 2.90. The molecule has 4 rings (SSSR count). The van der Waals surface area contributed by atoms with Crippen molar-refractivity contribution in [2.75, 3.05) is 0 Å². The maximum atomic E-state index is 12.0. The number of hydrogen-bond donors (Lipinski definition) is 0. The van der Waals surface area contributed by atoms with E-state index in [1.165, 1.54) is 4.52 Å². The second-order valence-corrected chi connectivity index (χ2v) is 5.82. The molecule has 0 spiro atoms. The summed E-state index contributed by atoms with van der Waals surface area (Å²) in [5.41, 5.74) is 3.30. The summed E-state index contributed by atoms with van der Waals surface area (Å²) in [6.45, 7) is 0. The van der Waals surface area contributed by atoms with Crippen molar-refractivity contribution >= 4 is 39.1 Å². The first-order chi connectivity index (χ1) is 10.2. The first-order valence-corrected chi connectivity index (χ1v) is 7.35. The number of nitrogens with zero attached hydrogens (tertiary/aromatic N) is 3. The van der Waals surface area contributed by atoms with Gasteiger partial charge in [0.1, 0.15) is 11.2 Å². The molecule has 2 heterocycles. The molecule has 0 aliphatic carbocycles. The number of halogens is 1. The predicted octanol–water partition coefficient (Wildman–Crippen LogP) is 2.31. The van der Waals surface area contributed by atoms with Gasteiger partial charge in [-0.2, -0.15) is 0 Å². The van der Waals surface area contributed by atoms with Crippen molar-refractivity contribution in [1.29, 1.82) is 0 Å². The number of fused-ring (bicyclic) bond motifs is 3. The fraction of sp³-hybridized carbons (Fsp3) is 0. The molecule has 0 saturated carbocycles. The van der Waals surface area contributed by atoms with E-state index in [1.807, 2.05) is 48.5 Å². The van der Waals surface area contributed by atoms with Gasteiger partial charge in [-0.3, -0.25) is 0 Å². The predicted molar refractivity (Wildman–Crippen MR) is 82.6 cm³/mol. The van der Waals surface area contributed by atoms with Crippen molar-refractivity contribution in [3.63, 3.8) is 0 Å². The van der Waals surface area contributed by atoms with E-state index in [-0.39, 0.29) is 0 Å². The number of para-hydroxylation sites is 2. The van der Waals surface area contributed by atoms with Crippen LogP contribution in [0.3, 0.4) is 0 Å². The van der Waals surface area contributed by atoms with Crippen LogP contribution in [0.25, 0.3) is 27.8 Å². The van der Waals surface area contributed by atoms with Crippen LogP contribution in [0.5, 0.6) is 5.95 Å². The van der Waals surface area contributed by atoms with Crippen LogP contribution in [0, 0.1) is 3.57 Å². The van der Waals surface area contributed by atoms with E-state index in [0.717, 1.165) is 20.2 Å². The van der Waals surface area contributed by atoms with Crippen molar-refractivity contribution in [2.45, 2.75) is 0 Å². The Hall–Kier alpha value is -2.22. The normalized spacial score (nSPS) is 11.3. The Balaban J connectivity index is 2.15. The van der Waals surface area contributed by atoms with Gasteiger partial charge in [0.25, 0.3) is 11.0 Å². The molecule has 6 heteroatoms. The van der Waals surface area contributed by atoms with Gasteiger partial charge in [0.2, 0.25) is 0 Å². The molecule has 2 aromatic heterocycles. The molecule has 2 aromatic carbocycles. The van der Waals surface area contributed by atoms with Gasteiger partial charge in [-0.25, -0.2) is 4.98 Å². The molecule has 4 aromatic rings. The fourth-order valence-electron chi connectivity index (χ4n) is 2.33. The molecule has 102 valence electrons. The molecule has 0 unspecified atom stereocenters. The minimum absolute atomic E-state index is 0.356. The smallest absolute Gasteiger partial charge is 0.289 e. The third-order valence-corrected chi connectivity index (χ3v) is 4.01. The van der Waals surface area contributed by atoms with Crippen molar-refractivity contribution < 1.29 is 14.1 Å². The molecule has 0 atom stereocenters. The first kappa shape index (κ1) is 12.5. The largest absolute Gasteiger partial charge is 0.539 e. The zero-order valence-electron chi connectivity index (χ0n) is 10.7. The molecule has 0 aliphatic heterocycles. The standard InChI is InChI=1S/C15H8IN3O2/c16-10-7-5-9(6-8-10)13-14-15(20)21-18-19(14)12-4-2-1-3-11(12)17-13/h1-8H. The molecule has 0 amide bonds. The second-order valence-electron chi connectivity index (χ2n) is 4.58. The van der Waals surface area contributed by atoms with Gasteiger partial charge in [-0.05, 0) is 45.3 Å². The highest BCUT2D eigenvalue weighted by Gasteiger charge is 2.21. The molecule has 0 bridgehead atoms. The molecule has 0 radical (unpaired) electrons. The van der Waals surface area contributed by atoms with Crippen molar-refractivity contribution in [3.05, 3.63) is 52.1 Å². The Morgan fingerprint density at radius 3 is 2.62 bits per heavy atom. The van der Waals surface area contributed by atoms with Crippen LogP contribution in [0.2, 0.25) is 0 Å². The topological polar surface area (TPSA) is 66.1 Å². The summed E-state index contributed by atoms with van der Waals surface area (Å²) < 4.78 is 7.46. The third kappa shape index (κ3) is 1.94. The molecule has 21 heavy (non-hydrogen) atoms. The van der Waals surface area contributed by atoms with E-state index in [1.54, 1.807) is 0 Å². The van der Waals surface area contributed by atoms with E-state index in [4.69, 9.17) is 4.52 Å². The van der Waals surface area contributed by atoms with Crippen LogP contribution in [0.15, 0.2) is 53.1 Å². The molecule has 0 saturated heterocycles. The summed E-state index contributed by atoms with van der Waals surface area (Å²) in [4.78, 5) is 4.61. The number of hydrogen-bond acceptors (Lipinski definition) is 4. The third-order valence-electron chi connectivity index (χ3n) is 3.29. The first-order valence-electron chi connectivity index (χ1n) is 6.27. The number of aromatic nitrogens is 3. The van der Waals surface area contributed by atoms with Gasteiger partial charge in [0.15, 0.2) is 5.95 Å². The highest BCUT2D eigenvalue weighted by Crippen LogP contribution is 2.27. The molecular formula is C15H8IN3O2. The number of rotatable bonds is 1. The lowest BCUT2D eigenvalue weighted by Gasteiger charge is -2.02. The minimum Gasteiger partial charge on any atom is -0.539 e. The quantitative estimate of drug-likeness (QED) is 0.370. The lowest BCUT2D eigenvalue weighted by molar-refractivity contribution is -0.568. The Kier molecular flexibility index (Phi) is 2.78. The Morgan fingerprint density at radius 2 is 1.81 bits per heavy atom. The van der Waals surface area contributed by atoms with E-state index in [9.17, 15) is 5.11 Å². The van der Waals surface area contributed by atoms with Crippen LogP contribution in [-0.4, -0.2) is 10.3 Å². The highest BCUT2D eigenvalue weighted by atomic mass is 127. The van der Waals surface area contributed by atoms with Crippen molar-refractivity contribution in [3.8, 4) is 17.2 Å². The molecule has 5 nitrogen and oxygen atoms in total. The van der Waals surface area contributed by atoms with E-state index in [2.05, 4.69) is 32.8 Å². The van der Waals surface area contributed by atoms with E-state index in [0.29, 0.717) is 11.2 Å². The van der Waals surface area contributed by atoms with Gasteiger partial charge >= 0.3 is 0 Å². The molecular weight excluding hydrogens is 381 g/mol. The monoisotopic (exact) mass is 389 g/mol. The van der Waals surface area contributed by atoms with Gasteiger partial charge in [0, 0.05) is 15.2 Å². The number of benzene rings is 2. The van der Waals surface area contributed by atoms with Gasteiger partial charge in [-0.1, -0.05) is 24.3 Å². The van der Waals surface area contributed by atoms with Crippen molar-refractivity contribution in [2.24, 2.45) is 0 Å². The fourth-order valence-corrected chi connectivity index (χ4v) is 2.69. The van der Waals surface area contributed by atoms with E-state index >= 15 is 0 Å². The summed E-state index contributed by atoms with van der Waals surface area (Å²) in [6, 6.07) is 15.3. The Labute approximate surface area is 133 Å². The van der Waals surface area contributed by atoms with Crippen LogP contribution in [0.4, 0.5) is 0 Å². The Bertz CT molecular complexity index is 964. The van der Waals surface area contributed by atoms with Crippen molar-refractivity contribution in [1.82, 2.24) is 10.3 Å². The highest BCUT2D eigenvalue weighted by molar-refractivity contribution is 14.1. The SMILES string of the molecule is [O-]c1on[n+]2c1c(-c1ccc(I)cc1)nc1ccccc12. The summed E-state index contributed by atoms with van der Waals surface area (Å²) in [5.74, 6) is -0.484. The minimum atomic E-state index is -0.484. The zero-order valence-corrected chi connectivity index (χ0v) is 12.8. The lowest BCUT2D eigenvalue weighted by atomic mass is 10.1. The van der Waals surface area contributed by atoms with Gasteiger partial charge < -0.3 is 9.63 Å². The van der Waals surface area contributed by atoms with Crippen LogP contribution in [0.1, 0.15) is 0 Å². The molecule has 0 fully saturated rings. The summed E-state index contributed by atoms with van der Waals surface area (Å²) >= 11 is 2.24. The lowest BCUT2D eigenvalue weighted by Crippen LogP contribution is -2.25. The second kappa shape index (κ2) is 4.66. The summed E-state index contributed by atoms with van der Waals surface area (Å²) in [5, 5.41) is 15.8. The zero-order chi connectivity index (χ0) is 14.4. The maximum Gasteiger partial charge on any atom is 0.289 e. The maximum absolute atomic E-state index is 12.0. The van der Waals surface area contributed by atoms with Crippen LogP contribution in [-0.2, 0) is 0 Å².